The Labute approximate surface area is 105 Å². The molecule has 1 unspecified atom stereocenters. The van der Waals surface area contributed by atoms with Crippen molar-refractivity contribution in [3.8, 4) is 0 Å². The largest absolute Gasteiger partial charge is 0.352 e. The number of carbonyl (C=O) groups excluding carboxylic acids is 1. The van der Waals surface area contributed by atoms with Crippen molar-refractivity contribution in [3.05, 3.63) is 35.4 Å². The van der Waals surface area contributed by atoms with E-state index < -0.39 is 11.6 Å². The Hall–Kier alpha value is -1.49. The molecule has 100 valence electrons. The molecule has 0 bridgehead atoms. The van der Waals surface area contributed by atoms with E-state index in [1.807, 2.05) is 6.92 Å². The number of hydrogen-bond donors (Lipinski definition) is 2. The predicted octanol–water partition coefficient (Wildman–Crippen LogP) is 2.10. The van der Waals surface area contributed by atoms with Crippen LogP contribution in [0.2, 0.25) is 0 Å². The van der Waals surface area contributed by atoms with Crippen LogP contribution in [-0.2, 0) is 11.3 Å². The molecule has 0 aliphatic carbocycles. The number of nitrogens with two attached hydrogens (primary N) is 1. The topological polar surface area (TPSA) is 55.1 Å². The van der Waals surface area contributed by atoms with E-state index in [0.29, 0.717) is 12.8 Å². The number of halogens is 2. The third-order valence-electron chi connectivity index (χ3n) is 2.55. The Morgan fingerprint density at radius 3 is 2.83 bits per heavy atom. The average Bonchev–Trinajstić information content (AvgIpc) is 2.30. The molecule has 0 aliphatic rings. The van der Waals surface area contributed by atoms with Gasteiger partial charge in [-0.15, -0.1) is 0 Å². The van der Waals surface area contributed by atoms with Crippen LogP contribution in [0.4, 0.5) is 8.78 Å². The summed E-state index contributed by atoms with van der Waals surface area (Å²) < 4.78 is 26.1. The van der Waals surface area contributed by atoms with E-state index >= 15 is 0 Å². The molecular weight excluding hydrogens is 238 g/mol. The molecule has 0 fully saturated rings. The van der Waals surface area contributed by atoms with Gasteiger partial charge >= 0.3 is 0 Å². The van der Waals surface area contributed by atoms with E-state index in [-0.39, 0.29) is 24.1 Å². The van der Waals surface area contributed by atoms with Gasteiger partial charge in [0.2, 0.25) is 5.91 Å². The Bertz CT molecular complexity index is 408. The molecule has 0 radical (unpaired) electrons. The van der Waals surface area contributed by atoms with Crippen LogP contribution in [0, 0.1) is 11.6 Å². The van der Waals surface area contributed by atoms with Crippen molar-refractivity contribution in [3.63, 3.8) is 0 Å². The van der Waals surface area contributed by atoms with Gasteiger partial charge in [-0.1, -0.05) is 0 Å². The summed E-state index contributed by atoms with van der Waals surface area (Å²) in [6.07, 6.45) is 1.80. The highest BCUT2D eigenvalue weighted by molar-refractivity contribution is 5.75. The second-order valence-electron chi connectivity index (χ2n) is 4.38. The lowest BCUT2D eigenvalue weighted by Crippen LogP contribution is -2.24. The fourth-order valence-corrected chi connectivity index (χ4v) is 1.55. The third kappa shape index (κ3) is 5.23. The first-order valence-electron chi connectivity index (χ1n) is 5.95. The fourth-order valence-electron chi connectivity index (χ4n) is 1.55. The zero-order valence-electron chi connectivity index (χ0n) is 10.4. The maximum absolute atomic E-state index is 13.2. The number of carbonyl (C=O) groups is 1. The van der Waals surface area contributed by atoms with Crippen LogP contribution in [0.15, 0.2) is 18.2 Å². The van der Waals surface area contributed by atoms with E-state index in [1.54, 1.807) is 0 Å². The maximum atomic E-state index is 13.2. The third-order valence-corrected chi connectivity index (χ3v) is 2.55. The monoisotopic (exact) mass is 256 g/mol. The van der Waals surface area contributed by atoms with E-state index in [2.05, 4.69) is 5.32 Å². The number of amides is 1. The van der Waals surface area contributed by atoms with Crippen LogP contribution in [0.1, 0.15) is 31.7 Å². The van der Waals surface area contributed by atoms with Crippen LogP contribution in [-0.4, -0.2) is 11.9 Å². The molecule has 1 atom stereocenters. The van der Waals surface area contributed by atoms with Crippen molar-refractivity contribution in [2.24, 2.45) is 5.73 Å². The van der Waals surface area contributed by atoms with Gasteiger partial charge in [0.15, 0.2) is 0 Å². The lowest BCUT2D eigenvalue weighted by atomic mass is 10.1. The van der Waals surface area contributed by atoms with Crippen molar-refractivity contribution in [1.82, 2.24) is 5.32 Å². The summed E-state index contributed by atoms with van der Waals surface area (Å²) in [6, 6.07) is 3.24. The van der Waals surface area contributed by atoms with E-state index in [9.17, 15) is 13.6 Å². The zero-order chi connectivity index (χ0) is 13.5. The summed E-state index contributed by atoms with van der Waals surface area (Å²) in [6.45, 7) is 1.88. The summed E-state index contributed by atoms with van der Waals surface area (Å²) in [4.78, 5) is 11.4. The molecule has 3 N–H and O–H groups in total. The van der Waals surface area contributed by atoms with Crippen molar-refractivity contribution in [2.75, 3.05) is 0 Å². The Kier molecular flexibility index (Phi) is 5.71. The molecule has 0 saturated carbocycles. The highest BCUT2D eigenvalue weighted by Gasteiger charge is 2.06. The minimum atomic E-state index is -0.521. The Morgan fingerprint density at radius 2 is 2.17 bits per heavy atom. The summed E-state index contributed by atoms with van der Waals surface area (Å²) in [7, 11) is 0. The van der Waals surface area contributed by atoms with Crippen molar-refractivity contribution in [1.29, 1.82) is 0 Å². The molecule has 3 nitrogen and oxygen atoms in total. The lowest BCUT2D eigenvalue weighted by Gasteiger charge is -2.07. The molecule has 0 spiro atoms. The second-order valence-corrected chi connectivity index (χ2v) is 4.38. The van der Waals surface area contributed by atoms with Crippen LogP contribution >= 0.6 is 0 Å². The molecule has 1 amide bonds. The molecule has 0 aliphatic heterocycles. The average molecular weight is 256 g/mol. The first-order chi connectivity index (χ1) is 8.49. The summed E-state index contributed by atoms with van der Waals surface area (Å²) >= 11 is 0. The molecule has 1 aromatic carbocycles. The first-order valence-corrected chi connectivity index (χ1v) is 5.95. The number of hydrogen-bond acceptors (Lipinski definition) is 2. The summed E-state index contributed by atoms with van der Waals surface area (Å²) in [5.74, 6) is -1.22. The number of nitrogens with one attached hydrogen (secondary N) is 1. The Balaban J connectivity index is 2.36. The minimum absolute atomic E-state index is 0.000600. The summed E-state index contributed by atoms with van der Waals surface area (Å²) in [5.41, 5.74) is 5.71. The lowest BCUT2D eigenvalue weighted by molar-refractivity contribution is -0.121. The van der Waals surface area contributed by atoms with Gasteiger partial charge in [0.25, 0.3) is 0 Å². The normalized spacial score (nSPS) is 12.2. The Morgan fingerprint density at radius 1 is 1.44 bits per heavy atom. The van der Waals surface area contributed by atoms with Crippen LogP contribution in [0.5, 0.6) is 0 Å². The van der Waals surface area contributed by atoms with Gasteiger partial charge in [0, 0.05) is 24.6 Å². The molecule has 18 heavy (non-hydrogen) atoms. The van der Waals surface area contributed by atoms with Gasteiger partial charge in [-0.2, -0.15) is 0 Å². The smallest absolute Gasteiger partial charge is 0.220 e. The van der Waals surface area contributed by atoms with E-state index in [1.165, 1.54) is 0 Å². The van der Waals surface area contributed by atoms with Crippen molar-refractivity contribution in [2.45, 2.75) is 38.8 Å². The van der Waals surface area contributed by atoms with Gasteiger partial charge < -0.3 is 11.1 Å². The van der Waals surface area contributed by atoms with Crippen LogP contribution in [0.3, 0.4) is 0 Å². The van der Waals surface area contributed by atoms with Crippen molar-refractivity contribution < 1.29 is 13.6 Å². The SMILES string of the molecule is CC(N)CCCC(=O)NCc1cc(F)ccc1F. The second kappa shape index (κ2) is 7.06. The first kappa shape index (κ1) is 14.6. The zero-order valence-corrected chi connectivity index (χ0v) is 10.4. The summed E-state index contributed by atoms with van der Waals surface area (Å²) in [5, 5.41) is 2.55. The minimum Gasteiger partial charge on any atom is -0.352 e. The number of benzene rings is 1. The molecule has 0 heterocycles. The van der Waals surface area contributed by atoms with Gasteiger partial charge in [-0.25, -0.2) is 8.78 Å². The maximum Gasteiger partial charge on any atom is 0.220 e. The molecule has 5 heteroatoms. The van der Waals surface area contributed by atoms with Gasteiger partial charge in [-0.05, 0) is 38.0 Å². The molecule has 0 saturated heterocycles. The molecular formula is C13H18F2N2O. The van der Waals surface area contributed by atoms with Crippen LogP contribution in [0.25, 0.3) is 0 Å². The molecule has 1 rings (SSSR count). The van der Waals surface area contributed by atoms with Crippen LogP contribution < -0.4 is 11.1 Å². The van der Waals surface area contributed by atoms with E-state index in [4.69, 9.17) is 5.73 Å². The van der Waals surface area contributed by atoms with E-state index in [0.717, 1.165) is 24.6 Å². The number of rotatable bonds is 6. The standard InChI is InChI=1S/C13H18F2N2O/c1-9(16)3-2-4-13(18)17-8-10-7-11(14)5-6-12(10)15/h5-7,9H,2-4,8,16H2,1H3,(H,17,18). The van der Waals surface area contributed by atoms with Gasteiger partial charge in [0.05, 0.1) is 0 Å². The quantitative estimate of drug-likeness (QED) is 0.819. The molecule has 1 aromatic rings. The highest BCUT2D eigenvalue weighted by Crippen LogP contribution is 2.09. The fraction of sp³-hybridized carbons (Fsp3) is 0.462. The van der Waals surface area contributed by atoms with Gasteiger partial charge in [0.1, 0.15) is 11.6 Å². The van der Waals surface area contributed by atoms with Crippen molar-refractivity contribution >= 4 is 5.91 Å². The predicted molar refractivity (Wildman–Crippen MR) is 65.7 cm³/mol. The van der Waals surface area contributed by atoms with Gasteiger partial charge in [-0.3, -0.25) is 4.79 Å². The highest BCUT2D eigenvalue weighted by atomic mass is 19.1. The molecule has 0 aromatic heterocycles.